The SMILES string of the molecule is BrCCCc1ccsc1Br. The topological polar surface area (TPSA) is 0 Å². The third-order valence-electron chi connectivity index (χ3n) is 1.27. The Labute approximate surface area is 81.9 Å². The maximum atomic E-state index is 3.50. The van der Waals surface area contributed by atoms with Crippen LogP contribution in [-0.2, 0) is 6.42 Å². The van der Waals surface area contributed by atoms with E-state index < -0.39 is 0 Å². The standard InChI is InChI=1S/C7H8Br2S/c8-4-1-2-6-3-5-10-7(6)9/h3,5H,1-2,4H2. The van der Waals surface area contributed by atoms with Gasteiger partial charge in [0.05, 0.1) is 3.79 Å². The van der Waals surface area contributed by atoms with Gasteiger partial charge in [-0.2, -0.15) is 0 Å². The molecule has 1 heterocycles. The number of hydrogen-bond donors (Lipinski definition) is 0. The van der Waals surface area contributed by atoms with Gasteiger partial charge >= 0.3 is 0 Å². The van der Waals surface area contributed by atoms with E-state index in [1.54, 1.807) is 11.3 Å². The minimum Gasteiger partial charge on any atom is -0.137 e. The van der Waals surface area contributed by atoms with Crippen LogP contribution in [0.25, 0.3) is 0 Å². The molecule has 0 saturated heterocycles. The predicted molar refractivity (Wildman–Crippen MR) is 54.1 cm³/mol. The van der Waals surface area contributed by atoms with E-state index in [0.29, 0.717) is 0 Å². The Balaban J connectivity index is 2.49. The van der Waals surface area contributed by atoms with Gasteiger partial charge in [-0.1, -0.05) is 15.9 Å². The summed E-state index contributed by atoms with van der Waals surface area (Å²) in [7, 11) is 0. The highest BCUT2D eigenvalue weighted by Gasteiger charge is 1.98. The molecule has 0 atom stereocenters. The predicted octanol–water partition coefficient (Wildman–Crippen LogP) is 3.84. The highest BCUT2D eigenvalue weighted by atomic mass is 79.9. The molecule has 0 nitrogen and oxygen atoms in total. The Kier molecular flexibility index (Phi) is 3.96. The first-order valence-electron chi connectivity index (χ1n) is 3.12. The molecule has 0 radical (unpaired) electrons. The minimum absolute atomic E-state index is 1.09. The largest absolute Gasteiger partial charge is 0.137 e. The first-order valence-corrected chi connectivity index (χ1v) is 5.92. The van der Waals surface area contributed by atoms with Gasteiger partial charge in [0.25, 0.3) is 0 Å². The van der Waals surface area contributed by atoms with E-state index in [2.05, 4.69) is 43.3 Å². The Morgan fingerprint density at radius 1 is 1.50 bits per heavy atom. The lowest BCUT2D eigenvalue weighted by molar-refractivity contribution is 0.941. The zero-order valence-electron chi connectivity index (χ0n) is 5.44. The van der Waals surface area contributed by atoms with E-state index in [1.807, 2.05) is 0 Å². The minimum atomic E-state index is 1.09. The highest BCUT2D eigenvalue weighted by Crippen LogP contribution is 2.24. The van der Waals surface area contributed by atoms with Gasteiger partial charge < -0.3 is 0 Å². The quantitative estimate of drug-likeness (QED) is 0.740. The molecule has 56 valence electrons. The molecule has 0 saturated carbocycles. The summed E-state index contributed by atoms with van der Waals surface area (Å²) in [5.74, 6) is 0. The second-order valence-electron chi connectivity index (χ2n) is 2.01. The number of thiophene rings is 1. The van der Waals surface area contributed by atoms with Crippen LogP contribution in [-0.4, -0.2) is 5.33 Å². The van der Waals surface area contributed by atoms with Crippen LogP contribution < -0.4 is 0 Å². The van der Waals surface area contributed by atoms with Crippen molar-refractivity contribution < 1.29 is 0 Å². The fraction of sp³-hybridized carbons (Fsp3) is 0.429. The summed E-state index contributed by atoms with van der Waals surface area (Å²) < 4.78 is 1.29. The van der Waals surface area contributed by atoms with Crippen molar-refractivity contribution in [3.63, 3.8) is 0 Å². The van der Waals surface area contributed by atoms with Crippen LogP contribution in [0.5, 0.6) is 0 Å². The van der Waals surface area contributed by atoms with Gasteiger partial charge in [-0.05, 0) is 45.8 Å². The molecule has 0 aliphatic carbocycles. The molecule has 1 rings (SSSR count). The normalized spacial score (nSPS) is 10.2. The Morgan fingerprint density at radius 3 is 2.80 bits per heavy atom. The van der Waals surface area contributed by atoms with Gasteiger partial charge in [-0.25, -0.2) is 0 Å². The van der Waals surface area contributed by atoms with Crippen molar-refractivity contribution >= 4 is 43.2 Å². The summed E-state index contributed by atoms with van der Waals surface area (Å²) in [6.07, 6.45) is 2.39. The smallest absolute Gasteiger partial charge is 0.0730 e. The van der Waals surface area contributed by atoms with Crippen molar-refractivity contribution in [2.45, 2.75) is 12.8 Å². The molecule has 0 unspecified atom stereocenters. The summed E-state index contributed by atoms with van der Waals surface area (Å²) in [4.78, 5) is 0. The summed E-state index contributed by atoms with van der Waals surface area (Å²) >= 11 is 8.66. The molecule has 0 fully saturated rings. The second kappa shape index (κ2) is 4.52. The summed E-state index contributed by atoms with van der Waals surface area (Å²) in [6.45, 7) is 0. The average Bonchev–Trinajstić information content (AvgIpc) is 2.31. The molecule has 0 aromatic carbocycles. The Bertz CT molecular complexity index is 195. The van der Waals surface area contributed by atoms with E-state index in [1.165, 1.54) is 22.2 Å². The lowest BCUT2D eigenvalue weighted by Crippen LogP contribution is -1.82. The molecule has 10 heavy (non-hydrogen) atoms. The zero-order valence-corrected chi connectivity index (χ0v) is 9.43. The van der Waals surface area contributed by atoms with Crippen LogP contribution in [0.3, 0.4) is 0 Å². The number of halogens is 2. The third-order valence-corrected chi connectivity index (χ3v) is 3.64. The number of alkyl halides is 1. The molecular formula is C7H8Br2S. The van der Waals surface area contributed by atoms with E-state index in [-0.39, 0.29) is 0 Å². The van der Waals surface area contributed by atoms with Crippen molar-refractivity contribution in [1.29, 1.82) is 0 Å². The van der Waals surface area contributed by atoms with E-state index in [9.17, 15) is 0 Å². The number of aryl methyl sites for hydroxylation is 1. The van der Waals surface area contributed by atoms with Crippen LogP contribution in [0.4, 0.5) is 0 Å². The first kappa shape index (κ1) is 8.75. The summed E-state index contributed by atoms with van der Waals surface area (Å²) in [5.41, 5.74) is 1.43. The van der Waals surface area contributed by atoms with E-state index >= 15 is 0 Å². The number of hydrogen-bond acceptors (Lipinski definition) is 1. The molecular weight excluding hydrogens is 276 g/mol. The van der Waals surface area contributed by atoms with Gasteiger partial charge in [-0.3, -0.25) is 0 Å². The van der Waals surface area contributed by atoms with E-state index in [4.69, 9.17) is 0 Å². The van der Waals surface area contributed by atoms with Gasteiger partial charge in [0.15, 0.2) is 0 Å². The van der Waals surface area contributed by atoms with Crippen LogP contribution in [0.15, 0.2) is 15.2 Å². The number of rotatable bonds is 3. The van der Waals surface area contributed by atoms with Crippen molar-refractivity contribution in [3.8, 4) is 0 Å². The average molecular weight is 284 g/mol. The van der Waals surface area contributed by atoms with Crippen LogP contribution in [0, 0.1) is 0 Å². The lowest BCUT2D eigenvalue weighted by atomic mass is 10.2. The zero-order chi connectivity index (χ0) is 7.40. The van der Waals surface area contributed by atoms with Crippen molar-refractivity contribution in [2.75, 3.05) is 5.33 Å². The molecule has 0 aliphatic heterocycles. The Morgan fingerprint density at radius 2 is 2.30 bits per heavy atom. The molecule has 3 heteroatoms. The van der Waals surface area contributed by atoms with E-state index in [0.717, 1.165) is 5.33 Å². The maximum Gasteiger partial charge on any atom is 0.0730 e. The molecule has 0 amide bonds. The molecule has 0 spiro atoms. The van der Waals surface area contributed by atoms with Gasteiger partial charge in [0.1, 0.15) is 0 Å². The molecule has 1 aromatic rings. The highest BCUT2D eigenvalue weighted by molar-refractivity contribution is 9.11. The summed E-state index contributed by atoms with van der Waals surface area (Å²) in [5, 5.41) is 3.21. The third kappa shape index (κ3) is 2.36. The van der Waals surface area contributed by atoms with Gasteiger partial charge in [0.2, 0.25) is 0 Å². The second-order valence-corrected chi connectivity index (χ2v) is 5.04. The molecule has 1 aromatic heterocycles. The molecule has 0 bridgehead atoms. The lowest BCUT2D eigenvalue weighted by Gasteiger charge is -1.93. The van der Waals surface area contributed by atoms with Crippen LogP contribution in [0.2, 0.25) is 0 Å². The fourth-order valence-electron chi connectivity index (χ4n) is 0.756. The van der Waals surface area contributed by atoms with Crippen molar-refractivity contribution in [2.24, 2.45) is 0 Å². The Hall–Kier alpha value is 0.660. The first-order chi connectivity index (χ1) is 4.84. The molecule has 0 N–H and O–H groups in total. The summed E-state index contributed by atoms with van der Waals surface area (Å²) in [6, 6.07) is 2.18. The van der Waals surface area contributed by atoms with Gasteiger partial charge in [0, 0.05) is 5.33 Å². The van der Waals surface area contributed by atoms with Crippen molar-refractivity contribution in [3.05, 3.63) is 20.8 Å². The van der Waals surface area contributed by atoms with Crippen LogP contribution >= 0.6 is 43.2 Å². The van der Waals surface area contributed by atoms with Crippen LogP contribution in [0.1, 0.15) is 12.0 Å². The maximum absolute atomic E-state index is 3.50. The molecule has 0 aliphatic rings. The monoisotopic (exact) mass is 282 g/mol. The van der Waals surface area contributed by atoms with Gasteiger partial charge in [-0.15, -0.1) is 11.3 Å². The van der Waals surface area contributed by atoms with Crippen molar-refractivity contribution in [1.82, 2.24) is 0 Å². The fourth-order valence-corrected chi connectivity index (χ4v) is 2.36.